The maximum absolute atomic E-state index is 11.8. The second kappa shape index (κ2) is 14.4. The van der Waals surface area contributed by atoms with Crippen molar-refractivity contribution < 1.29 is 19.7 Å². The second-order valence-corrected chi connectivity index (χ2v) is 10.4. The lowest BCUT2D eigenvalue weighted by atomic mass is 9.90. The van der Waals surface area contributed by atoms with Gasteiger partial charge in [0.05, 0.1) is 12.2 Å². The average molecular weight is 457 g/mol. The molecule has 2 rings (SSSR count). The van der Waals surface area contributed by atoms with E-state index in [2.05, 4.69) is 36.4 Å². The number of aliphatic hydroxyl groups excluding tert-OH is 2. The third-order valence-electron chi connectivity index (χ3n) is 6.21. The number of ether oxygens (including phenoxy) is 1. The second-order valence-electron chi connectivity index (χ2n) is 10.4. The van der Waals surface area contributed by atoms with Crippen molar-refractivity contribution in [1.29, 1.82) is 0 Å². The maximum atomic E-state index is 11.8. The third kappa shape index (κ3) is 11.7. The lowest BCUT2D eigenvalue weighted by Crippen LogP contribution is -2.23. The van der Waals surface area contributed by atoms with Gasteiger partial charge in [-0.1, -0.05) is 61.1 Å². The van der Waals surface area contributed by atoms with Crippen molar-refractivity contribution in [2.24, 2.45) is 11.8 Å². The van der Waals surface area contributed by atoms with Gasteiger partial charge in [0.2, 0.25) is 0 Å². The van der Waals surface area contributed by atoms with E-state index in [1.54, 1.807) is 0 Å². The minimum atomic E-state index is -0.447. The van der Waals surface area contributed by atoms with Crippen LogP contribution in [0.15, 0.2) is 54.6 Å². The first kappa shape index (κ1) is 27.3. The van der Waals surface area contributed by atoms with Crippen molar-refractivity contribution in [2.75, 3.05) is 0 Å². The van der Waals surface area contributed by atoms with Crippen molar-refractivity contribution in [3.63, 3.8) is 0 Å². The number of aliphatic hydroxyl groups is 2. The van der Waals surface area contributed by atoms with Crippen LogP contribution < -0.4 is 0 Å². The third-order valence-corrected chi connectivity index (χ3v) is 6.21. The molecular weight excluding hydrogens is 412 g/mol. The van der Waals surface area contributed by atoms with Crippen LogP contribution in [0.5, 0.6) is 0 Å². The summed E-state index contributed by atoms with van der Waals surface area (Å²) in [5, 5.41) is 20.7. The number of aryl methyl sites for hydroxylation is 1. The summed E-state index contributed by atoms with van der Waals surface area (Å²) in [4.78, 5) is 11.8. The Morgan fingerprint density at radius 3 is 2.61 bits per heavy atom. The summed E-state index contributed by atoms with van der Waals surface area (Å²) < 4.78 is 5.33. The van der Waals surface area contributed by atoms with Crippen molar-refractivity contribution in [3.05, 3.63) is 60.2 Å². The van der Waals surface area contributed by atoms with Gasteiger partial charge < -0.3 is 14.9 Å². The first-order valence-corrected chi connectivity index (χ1v) is 12.7. The molecule has 1 aliphatic rings. The molecule has 33 heavy (non-hydrogen) atoms. The highest BCUT2D eigenvalue weighted by Gasteiger charge is 2.32. The molecule has 0 bridgehead atoms. The molecule has 1 aromatic carbocycles. The Hall–Kier alpha value is -1.91. The summed E-state index contributed by atoms with van der Waals surface area (Å²) >= 11 is 0. The molecule has 1 unspecified atom stereocenters. The molecule has 4 atom stereocenters. The number of unbranched alkanes of at least 4 members (excludes halogenated alkanes) is 2. The van der Waals surface area contributed by atoms with Crippen LogP contribution in [-0.4, -0.2) is 34.0 Å². The van der Waals surface area contributed by atoms with E-state index in [4.69, 9.17) is 4.74 Å². The Labute approximate surface area is 200 Å². The Kier molecular flexibility index (Phi) is 11.9. The Bertz CT molecular complexity index is 732. The largest absolute Gasteiger partial charge is 0.460 e. The minimum absolute atomic E-state index is 0.107. The number of benzene rings is 1. The van der Waals surface area contributed by atoms with Crippen molar-refractivity contribution in [1.82, 2.24) is 0 Å². The average Bonchev–Trinajstić information content (AvgIpc) is 3.11. The van der Waals surface area contributed by atoms with Gasteiger partial charge >= 0.3 is 5.97 Å². The highest BCUT2D eigenvalue weighted by Crippen LogP contribution is 2.36. The van der Waals surface area contributed by atoms with E-state index in [0.29, 0.717) is 12.3 Å². The summed E-state index contributed by atoms with van der Waals surface area (Å²) in [6.07, 6.45) is 16.2. The zero-order chi connectivity index (χ0) is 24.1. The number of esters is 1. The van der Waals surface area contributed by atoms with Gasteiger partial charge in [-0.2, -0.15) is 0 Å². The predicted octanol–water partition coefficient (Wildman–Crippen LogP) is 6.16. The van der Waals surface area contributed by atoms with Crippen LogP contribution in [0, 0.1) is 11.8 Å². The predicted molar refractivity (Wildman–Crippen MR) is 135 cm³/mol. The number of rotatable bonds is 13. The van der Waals surface area contributed by atoms with Crippen LogP contribution in [-0.2, 0) is 16.0 Å². The van der Waals surface area contributed by atoms with Crippen LogP contribution in [0.1, 0.15) is 84.1 Å². The SMILES string of the molecule is CC(C)(C)OC(=O)CCC/C=C\C[C@H]1CC[C@@H](O)C1/C=C/[C@@H](O)CCCCc1ccccc1. The highest BCUT2D eigenvalue weighted by atomic mass is 16.6. The monoisotopic (exact) mass is 456 g/mol. The lowest BCUT2D eigenvalue weighted by Gasteiger charge is -2.19. The Morgan fingerprint density at radius 1 is 1.12 bits per heavy atom. The molecule has 0 aliphatic heterocycles. The van der Waals surface area contributed by atoms with Gasteiger partial charge in [0.15, 0.2) is 0 Å². The number of carbonyl (C=O) groups excluding carboxylic acids is 1. The van der Waals surface area contributed by atoms with E-state index in [0.717, 1.165) is 57.8 Å². The molecule has 2 N–H and O–H groups in total. The lowest BCUT2D eigenvalue weighted by molar-refractivity contribution is -0.154. The molecule has 1 saturated carbocycles. The number of hydrogen-bond donors (Lipinski definition) is 2. The van der Waals surface area contributed by atoms with E-state index in [9.17, 15) is 15.0 Å². The Morgan fingerprint density at radius 2 is 1.88 bits per heavy atom. The van der Waals surface area contributed by atoms with Crippen LogP contribution in [0.2, 0.25) is 0 Å². The van der Waals surface area contributed by atoms with Gasteiger partial charge in [0, 0.05) is 12.3 Å². The first-order valence-electron chi connectivity index (χ1n) is 12.7. The van der Waals surface area contributed by atoms with Crippen molar-refractivity contribution >= 4 is 5.97 Å². The Balaban J connectivity index is 1.65. The number of hydrogen-bond acceptors (Lipinski definition) is 4. The summed E-state index contributed by atoms with van der Waals surface area (Å²) in [5.41, 5.74) is 0.923. The van der Waals surface area contributed by atoms with Crippen LogP contribution in [0.3, 0.4) is 0 Å². The molecule has 0 aromatic heterocycles. The molecule has 4 nitrogen and oxygen atoms in total. The molecule has 0 saturated heterocycles. The topological polar surface area (TPSA) is 66.8 Å². The van der Waals surface area contributed by atoms with Crippen molar-refractivity contribution in [2.45, 2.75) is 103 Å². The molecule has 1 fully saturated rings. The van der Waals surface area contributed by atoms with Gasteiger partial charge in [-0.3, -0.25) is 4.79 Å². The van der Waals surface area contributed by atoms with E-state index in [1.807, 2.05) is 39.0 Å². The quantitative estimate of drug-likeness (QED) is 0.212. The summed E-state index contributed by atoms with van der Waals surface area (Å²) in [6, 6.07) is 10.5. The normalized spacial score (nSPS) is 22.3. The molecule has 0 amide bonds. The molecule has 0 radical (unpaired) electrons. The number of carbonyl (C=O) groups is 1. The summed E-state index contributed by atoms with van der Waals surface area (Å²) in [7, 11) is 0. The highest BCUT2D eigenvalue weighted by molar-refractivity contribution is 5.69. The minimum Gasteiger partial charge on any atom is -0.460 e. The first-order chi connectivity index (χ1) is 15.7. The van der Waals surface area contributed by atoms with Crippen molar-refractivity contribution in [3.8, 4) is 0 Å². The van der Waals surface area contributed by atoms with Crippen LogP contribution in [0.25, 0.3) is 0 Å². The summed E-state index contributed by atoms with van der Waals surface area (Å²) in [6.45, 7) is 5.66. The van der Waals surface area contributed by atoms with Gasteiger partial charge in [0.25, 0.3) is 0 Å². The van der Waals surface area contributed by atoms with Gasteiger partial charge in [-0.15, -0.1) is 0 Å². The molecule has 0 heterocycles. The fourth-order valence-electron chi connectivity index (χ4n) is 4.47. The fourth-order valence-corrected chi connectivity index (χ4v) is 4.47. The van der Waals surface area contributed by atoms with Gasteiger partial charge in [-0.25, -0.2) is 0 Å². The molecule has 4 heteroatoms. The van der Waals surface area contributed by atoms with E-state index < -0.39 is 11.7 Å². The fraction of sp³-hybridized carbons (Fsp3) is 0.621. The molecular formula is C29H44O4. The zero-order valence-corrected chi connectivity index (χ0v) is 20.8. The molecule has 1 aliphatic carbocycles. The summed E-state index contributed by atoms with van der Waals surface area (Å²) in [5.74, 6) is 0.373. The zero-order valence-electron chi connectivity index (χ0n) is 20.8. The van der Waals surface area contributed by atoms with E-state index in [1.165, 1.54) is 5.56 Å². The van der Waals surface area contributed by atoms with E-state index in [-0.39, 0.29) is 18.0 Å². The molecule has 0 spiro atoms. The smallest absolute Gasteiger partial charge is 0.306 e. The van der Waals surface area contributed by atoms with Crippen LogP contribution in [0.4, 0.5) is 0 Å². The molecule has 1 aromatic rings. The number of allylic oxidation sites excluding steroid dienone is 2. The maximum Gasteiger partial charge on any atom is 0.306 e. The molecule has 184 valence electrons. The van der Waals surface area contributed by atoms with Gasteiger partial charge in [0.1, 0.15) is 5.60 Å². The van der Waals surface area contributed by atoms with Crippen LogP contribution >= 0.6 is 0 Å². The van der Waals surface area contributed by atoms with E-state index >= 15 is 0 Å². The van der Waals surface area contributed by atoms with Gasteiger partial charge in [-0.05, 0) is 83.6 Å². The standard InChI is InChI=1S/C29H44O4/c1-29(2,3)33-28(32)18-10-5-4-9-16-24-19-22-27(31)26(24)21-20-25(30)17-12-11-15-23-13-7-6-8-14-23/h4,6-9,13-14,20-21,24-27,30-31H,5,10-12,15-19,22H2,1-3H3/b9-4-,21-20+/t24-,25-,26?,27+/m0/s1.